The lowest BCUT2D eigenvalue weighted by atomic mass is 9.38. The number of fused-ring (bicyclic) bond motifs is 8. The van der Waals surface area contributed by atoms with Crippen molar-refractivity contribution in [3.8, 4) is 33.4 Å². The fraction of sp³-hybridized carbons (Fsp3) is 0.189. The van der Waals surface area contributed by atoms with Crippen molar-refractivity contribution in [1.82, 2.24) is 0 Å². The molecule has 0 unspecified atom stereocenters. The minimum Gasteiger partial charge on any atom is -0.456 e. The van der Waals surface area contributed by atoms with Gasteiger partial charge < -0.3 is 9.32 Å². The molecule has 0 radical (unpaired) electrons. The highest BCUT2D eigenvalue weighted by molar-refractivity contribution is 6.13. The molecule has 6 aliphatic carbocycles. The molecule has 6 aliphatic rings. The van der Waals surface area contributed by atoms with E-state index in [1.807, 2.05) is 0 Å². The maximum Gasteiger partial charge on any atom is 0.136 e. The zero-order valence-electron chi connectivity index (χ0n) is 43.2. The molecule has 0 N–H and O–H groups in total. The van der Waals surface area contributed by atoms with Gasteiger partial charge in [0.05, 0.1) is 5.41 Å². The molecule has 2 heteroatoms. The first kappa shape index (κ1) is 44.1. The first-order chi connectivity index (χ1) is 37.4. The SMILES string of the molecule is CC1(C)c2ccccc2-c2ccc(N(c3ccc(-c4ccccc4-c4cccc5oc6ccccc6c45)cc3)c3ccc4c(c3)C3(c5ccccc5C4(c4ccccc4)c4ccccc4)C4CC5CC(C4)CC3C5)cc21. The van der Waals surface area contributed by atoms with E-state index >= 15 is 0 Å². The number of anilines is 3. The quantitative estimate of drug-likeness (QED) is 0.158. The van der Waals surface area contributed by atoms with Gasteiger partial charge in [0, 0.05) is 38.7 Å². The highest BCUT2D eigenvalue weighted by Crippen LogP contribution is 2.70. The molecule has 4 fully saturated rings. The molecule has 1 aromatic heterocycles. The van der Waals surface area contributed by atoms with Crippen molar-refractivity contribution < 1.29 is 4.42 Å². The van der Waals surface area contributed by atoms with Gasteiger partial charge in [0.1, 0.15) is 11.2 Å². The summed E-state index contributed by atoms with van der Waals surface area (Å²) in [5, 5.41) is 2.30. The Labute approximate surface area is 446 Å². The van der Waals surface area contributed by atoms with Gasteiger partial charge in [-0.1, -0.05) is 202 Å². The van der Waals surface area contributed by atoms with Gasteiger partial charge in [-0.25, -0.2) is 0 Å². The molecule has 2 nitrogen and oxygen atoms in total. The first-order valence-corrected chi connectivity index (χ1v) is 27.9. The Morgan fingerprint density at radius 1 is 0.368 bits per heavy atom. The lowest BCUT2D eigenvalue weighted by molar-refractivity contribution is -0.0440. The number of hydrogen-bond acceptors (Lipinski definition) is 2. The Hall–Kier alpha value is -8.20. The second kappa shape index (κ2) is 16.4. The van der Waals surface area contributed by atoms with Crippen LogP contribution in [0.1, 0.15) is 90.5 Å². The maximum absolute atomic E-state index is 6.41. The third-order valence-electron chi connectivity index (χ3n) is 19.6. The number of benzene rings is 10. The van der Waals surface area contributed by atoms with E-state index in [1.54, 1.807) is 5.56 Å². The smallest absolute Gasteiger partial charge is 0.136 e. The fourth-order valence-corrected chi connectivity index (χ4v) is 16.8. The second-order valence-electron chi connectivity index (χ2n) is 23.5. The van der Waals surface area contributed by atoms with Gasteiger partial charge in [-0.15, -0.1) is 0 Å². The summed E-state index contributed by atoms with van der Waals surface area (Å²) in [7, 11) is 0. The predicted molar refractivity (Wildman–Crippen MR) is 313 cm³/mol. The van der Waals surface area contributed by atoms with Gasteiger partial charge in [-0.2, -0.15) is 0 Å². The van der Waals surface area contributed by atoms with Gasteiger partial charge in [0.2, 0.25) is 0 Å². The van der Waals surface area contributed by atoms with Gasteiger partial charge in [0.15, 0.2) is 0 Å². The van der Waals surface area contributed by atoms with Crippen LogP contribution in [0, 0.1) is 23.7 Å². The van der Waals surface area contributed by atoms with E-state index in [9.17, 15) is 0 Å². The fourth-order valence-electron chi connectivity index (χ4n) is 16.8. The van der Waals surface area contributed by atoms with E-state index in [2.05, 4.69) is 255 Å². The van der Waals surface area contributed by atoms with Crippen LogP contribution in [0.3, 0.4) is 0 Å². The average molecular weight is 978 g/mol. The second-order valence-corrected chi connectivity index (χ2v) is 23.5. The Bertz CT molecular complexity index is 4040. The molecular formula is C74H59NO. The van der Waals surface area contributed by atoms with Crippen molar-refractivity contribution in [1.29, 1.82) is 0 Å². The van der Waals surface area contributed by atoms with Crippen LogP contribution in [0.4, 0.5) is 17.1 Å². The molecular weight excluding hydrogens is 919 g/mol. The lowest BCUT2D eigenvalue weighted by Crippen LogP contribution is -2.59. The Morgan fingerprint density at radius 2 is 0.882 bits per heavy atom. The Balaban J connectivity index is 0.928. The van der Waals surface area contributed by atoms with Crippen molar-refractivity contribution in [2.75, 3.05) is 4.90 Å². The molecule has 17 rings (SSSR count). The zero-order valence-corrected chi connectivity index (χ0v) is 43.2. The van der Waals surface area contributed by atoms with Crippen molar-refractivity contribution in [3.63, 3.8) is 0 Å². The molecule has 11 aromatic rings. The van der Waals surface area contributed by atoms with Crippen molar-refractivity contribution in [3.05, 3.63) is 281 Å². The highest BCUT2D eigenvalue weighted by atomic mass is 16.3. The van der Waals surface area contributed by atoms with Gasteiger partial charge in [-0.05, 0) is 182 Å². The van der Waals surface area contributed by atoms with Crippen LogP contribution in [0.25, 0.3) is 55.3 Å². The summed E-state index contributed by atoms with van der Waals surface area (Å²) in [6, 6.07) is 90.0. The number of furan rings is 1. The van der Waals surface area contributed by atoms with E-state index < -0.39 is 5.41 Å². The highest BCUT2D eigenvalue weighted by Gasteiger charge is 2.63. The molecule has 76 heavy (non-hydrogen) atoms. The largest absolute Gasteiger partial charge is 0.456 e. The van der Waals surface area contributed by atoms with E-state index in [0.29, 0.717) is 11.8 Å². The summed E-state index contributed by atoms with van der Waals surface area (Å²) in [6.07, 6.45) is 6.67. The van der Waals surface area contributed by atoms with Gasteiger partial charge in [0.25, 0.3) is 0 Å². The summed E-state index contributed by atoms with van der Waals surface area (Å²) >= 11 is 0. The van der Waals surface area contributed by atoms with E-state index in [0.717, 1.165) is 39.5 Å². The summed E-state index contributed by atoms with van der Waals surface area (Å²) in [4.78, 5) is 2.59. The number of hydrogen-bond donors (Lipinski definition) is 0. The minimum absolute atomic E-state index is 0.105. The van der Waals surface area contributed by atoms with Crippen LogP contribution in [0.15, 0.2) is 241 Å². The number of nitrogens with zero attached hydrogens (tertiary/aromatic N) is 1. The molecule has 0 atom stereocenters. The van der Waals surface area contributed by atoms with Crippen LogP contribution < -0.4 is 4.90 Å². The third-order valence-corrected chi connectivity index (χ3v) is 19.6. The van der Waals surface area contributed by atoms with Crippen molar-refractivity contribution >= 4 is 39.0 Å². The Morgan fingerprint density at radius 3 is 1.59 bits per heavy atom. The normalized spacial score (nSPS) is 21.8. The van der Waals surface area contributed by atoms with E-state index in [1.165, 1.54) is 116 Å². The standard InChI is InChI=1S/C74H59NO/c1-72(2)63-27-13-11-24-59(63)60-38-36-55(45-67(60)72)75(54-34-32-49(33-35-54)57-22-9-10-23-58(57)61-26-17-31-70-71(61)62-25-12-16-30-69(62)76-70)56-37-39-66-68(46-56)74(52-41-47-40-48(43-52)44-53(74)42-47)65-29-15-14-28-64(65)73(66,50-18-5-3-6-19-50)51-20-7-4-8-21-51/h3-39,45-48,52-53H,40-44H2,1-2H3. The summed E-state index contributed by atoms with van der Waals surface area (Å²) in [6.45, 7) is 4.81. The molecule has 1 heterocycles. The van der Waals surface area contributed by atoms with E-state index in [4.69, 9.17) is 4.42 Å². The zero-order chi connectivity index (χ0) is 50.3. The Kier molecular flexibility index (Phi) is 9.52. The van der Waals surface area contributed by atoms with Crippen LogP contribution in [0.5, 0.6) is 0 Å². The number of rotatable bonds is 7. The topological polar surface area (TPSA) is 16.4 Å². The number of para-hydroxylation sites is 1. The van der Waals surface area contributed by atoms with Gasteiger partial charge in [-0.3, -0.25) is 0 Å². The summed E-state index contributed by atoms with van der Waals surface area (Å²) in [5.41, 5.74) is 23.4. The van der Waals surface area contributed by atoms with E-state index in [-0.39, 0.29) is 10.8 Å². The summed E-state index contributed by atoms with van der Waals surface area (Å²) < 4.78 is 6.41. The maximum atomic E-state index is 6.41. The molecule has 366 valence electrons. The third kappa shape index (κ3) is 6.04. The molecule has 10 aromatic carbocycles. The molecule has 4 saturated carbocycles. The first-order valence-electron chi connectivity index (χ1n) is 27.9. The monoisotopic (exact) mass is 977 g/mol. The van der Waals surface area contributed by atoms with Crippen LogP contribution in [-0.2, 0) is 16.2 Å². The van der Waals surface area contributed by atoms with Crippen LogP contribution in [0.2, 0.25) is 0 Å². The molecule has 0 aliphatic heterocycles. The van der Waals surface area contributed by atoms with Crippen LogP contribution >= 0.6 is 0 Å². The molecule has 4 bridgehead atoms. The lowest BCUT2D eigenvalue weighted by Gasteiger charge is -2.65. The van der Waals surface area contributed by atoms with Crippen molar-refractivity contribution in [2.24, 2.45) is 23.7 Å². The summed E-state index contributed by atoms with van der Waals surface area (Å²) in [5.74, 6) is 2.82. The molecule has 0 saturated heterocycles. The predicted octanol–water partition coefficient (Wildman–Crippen LogP) is 19.1. The molecule has 1 spiro atoms. The minimum atomic E-state index is -0.511. The van der Waals surface area contributed by atoms with Crippen LogP contribution in [-0.4, -0.2) is 0 Å². The molecule has 0 amide bonds. The van der Waals surface area contributed by atoms with Crippen molar-refractivity contribution in [2.45, 2.75) is 62.2 Å². The van der Waals surface area contributed by atoms with Gasteiger partial charge >= 0.3 is 0 Å². The average Bonchev–Trinajstić information content (AvgIpc) is 3.96.